The third kappa shape index (κ3) is 4.19. The predicted molar refractivity (Wildman–Crippen MR) is 106 cm³/mol. The second-order valence-corrected chi connectivity index (χ2v) is 9.14. The Morgan fingerprint density at radius 3 is 2.45 bits per heavy atom. The summed E-state index contributed by atoms with van der Waals surface area (Å²) >= 11 is 0. The lowest BCUT2D eigenvalue weighted by atomic mass is 9.72. The maximum atomic E-state index is 13.1. The maximum Gasteiger partial charge on any atom is 0.416 e. The van der Waals surface area contributed by atoms with Crippen LogP contribution in [-0.4, -0.2) is 15.2 Å². The Kier molecular flexibility index (Phi) is 5.56. The Labute approximate surface area is 169 Å². The van der Waals surface area contributed by atoms with Gasteiger partial charge in [-0.05, 0) is 54.4 Å². The Balaban J connectivity index is 2.18. The zero-order valence-electron chi connectivity index (χ0n) is 17.4. The molecule has 0 aliphatic heterocycles. The molecule has 3 nitrogen and oxygen atoms in total. The van der Waals surface area contributed by atoms with Crippen LogP contribution in [0.5, 0.6) is 0 Å². The molecule has 3 rings (SSSR count). The van der Waals surface area contributed by atoms with Gasteiger partial charge in [0.25, 0.3) is 0 Å². The standard InChI is InChI=1S/C23H28F3NO2/c1-12(2)20-19(21(29)14-7-6-8-15(9-14)23(24,25)26)13(3)18-16(27-20)10-22(4,5)11-17(18)28/h6-9,12,17,21,28-29H,10-11H2,1-5H3. The molecular weight excluding hydrogens is 379 g/mol. The van der Waals surface area contributed by atoms with Gasteiger partial charge in [-0.25, -0.2) is 0 Å². The fraction of sp³-hybridized carbons (Fsp3) is 0.522. The van der Waals surface area contributed by atoms with Crippen LogP contribution in [0.3, 0.4) is 0 Å². The van der Waals surface area contributed by atoms with E-state index in [-0.39, 0.29) is 16.9 Å². The molecule has 1 aliphatic rings. The van der Waals surface area contributed by atoms with Crippen LogP contribution in [0.4, 0.5) is 13.2 Å². The van der Waals surface area contributed by atoms with Crippen LogP contribution in [0.15, 0.2) is 24.3 Å². The predicted octanol–water partition coefficient (Wildman–Crippen LogP) is 5.62. The quantitative estimate of drug-likeness (QED) is 0.694. The number of benzene rings is 1. The number of pyridine rings is 1. The molecule has 0 radical (unpaired) electrons. The summed E-state index contributed by atoms with van der Waals surface area (Å²) in [7, 11) is 0. The van der Waals surface area contributed by atoms with Gasteiger partial charge in [0.1, 0.15) is 6.10 Å². The minimum atomic E-state index is -4.48. The van der Waals surface area contributed by atoms with Crippen LogP contribution in [0, 0.1) is 12.3 Å². The normalized spacial score (nSPS) is 19.9. The van der Waals surface area contributed by atoms with Gasteiger partial charge in [-0.1, -0.05) is 39.8 Å². The molecule has 158 valence electrons. The summed E-state index contributed by atoms with van der Waals surface area (Å²) in [4.78, 5) is 4.80. The van der Waals surface area contributed by atoms with E-state index in [1.54, 1.807) is 0 Å². The van der Waals surface area contributed by atoms with Crippen molar-refractivity contribution in [3.63, 3.8) is 0 Å². The summed E-state index contributed by atoms with van der Waals surface area (Å²) in [5.74, 6) is -0.0309. The van der Waals surface area contributed by atoms with Crippen LogP contribution in [0.2, 0.25) is 0 Å². The fourth-order valence-electron chi connectivity index (χ4n) is 4.38. The minimum Gasteiger partial charge on any atom is -0.388 e. The fourth-order valence-corrected chi connectivity index (χ4v) is 4.38. The second kappa shape index (κ2) is 7.40. The first-order valence-electron chi connectivity index (χ1n) is 9.88. The number of hydrogen-bond acceptors (Lipinski definition) is 3. The highest BCUT2D eigenvalue weighted by Crippen LogP contribution is 2.45. The van der Waals surface area contributed by atoms with Crippen molar-refractivity contribution >= 4 is 0 Å². The number of aliphatic hydroxyl groups is 2. The molecule has 0 spiro atoms. The van der Waals surface area contributed by atoms with Gasteiger partial charge >= 0.3 is 6.18 Å². The summed E-state index contributed by atoms with van der Waals surface area (Å²) < 4.78 is 39.4. The number of aromatic nitrogens is 1. The van der Waals surface area contributed by atoms with Crippen molar-refractivity contribution in [3.05, 3.63) is 63.5 Å². The molecule has 1 heterocycles. The molecule has 6 heteroatoms. The number of hydrogen-bond donors (Lipinski definition) is 2. The molecule has 2 atom stereocenters. The highest BCUT2D eigenvalue weighted by molar-refractivity contribution is 5.48. The zero-order chi connectivity index (χ0) is 21.7. The highest BCUT2D eigenvalue weighted by Gasteiger charge is 2.36. The zero-order valence-corrected chi connectivity index (χ0v) is 17.4. The van der Waals surface area contributed by atoms with E-state index in [2.05, 4.69) is 13.8 Å². The molecule has 1 aromatic carbocycles. The van der Waals surface area contributed by atoms with E-state index in [1.165, 1.54) is 12.1 Å². The van der Waals surface area contributed by atoms with Gasteiger partial charge in [-0.3, -0.25) is 4.98 Å². The average Bonchev–Trinajstić information content (AvgIpc) is 2.58. The monoisotopic (exact) mass is 407 g/mol. The van der Waals surface area contributed by atoms with Gasteiger partial charge in [0.2, 0.25) is 0 Å². The van der Waals surface area contributed by atoms with Gasteiger partial charge in [-0.2, -0.15) is 13.2 Å². The molecule has 1 aliphatic carbocycles. The average molecular weight is 407 g/mol. The van der Waals surface area contributed by atoms with Crippen molar-refractivity contribution in [3.8, 4) is 0 Å². The lowest BCUT2D eigenvalue weighted by molar-refractivity contribution is -0.137. The third-order valence-corrected chi connectivity index (χ3v) is 5.73. The van der Waals surface area contributed by atoms with Gasteiger partial charge in [0.05, 0.1) is 11.7 Å². The van der Waals surface area contributed by atoms with Crippen LogP contribution in [0.25, 0.3) is 0 Å². The first-order chi connectivity index (χ1) is 13.3. The van der Waals surface area contributed by atoms with Crippen molar-refractivity contribution in [2.24, 2.45) is 5.41 Å². The van der Waals surface area contributed by atoms with E-state index in [1.807, 2.05) is 20.8 Å². The van der Waals surface area contributed by atoms with E-state index in [0.717, 1.165) is 17.8 Å². The molecule has 0 amide bonds. The lowest BCUT2D eigenvalue weighted by Gasteiger charge is -2.36. The number of alkyl halides is 3. The lowest BCUT2D eigenvalue weighted by Crippen LogP contribution is -2.29. The molecule has 0 bridgehead atoms. The summed E-state index contributed by atoms with van der Waals surface area (Å²) in [6, 6.07) is 4.76. The van der Waals surface area contributed by atoms with Crippen molar-refractivity contribution < 1.29 is 23.4 Å². The van der Waals surface area contributed by atoms with Crippen molar-refractivity contribution in [1.82, 2.24) is 4.98 Å². The molecule has 1 aromatic heterocycles. The Hall–Kier alpha value is -1.92. The van der Waals surface area contributed by atoms with Crippen molar-refractivity contribution in [2.45, 2.75) is 71.8 Å². The molecule has 0 saturated carbocycles. The largest absolute Gasteiger partial charge is 0.416 e. The van der Waals surface area contributed by atoms with E-state index in [4.69, 9.17) is 4.98 Å². The summed E-state index contributed by atoms with van der Waals surface area (Å²) in [6.45, 7) is 9.87. The van der Waals surface area contributed by atoms with Gasteiger partial charge in [-0.15, -0.1) is 0 Å². The van der Waals surface area contributed by atoms with Gasteiger partial charge in [0, 0.05) is 22.5 Å². The van der Waals surface area contributed by atoms with Crippen LogP contribution in [-0.2, 0) is 12.6 Å². The maximum absolute atomic E-state index is 13.1. The van der Waals surface area contributed by atoms with Gasteiger partial charge in [0.15, 0.2) is 0 Å². The molecule has 2 aromatic rings. The molecule has 0 fully saturated rings. The first-order valence-corrected chi connectivity index (χ1v) is 9.88. The SMILES string of the molecule is Cc1c2c(nc(C(C)C)c1C(O)c1cccc(C(F)(F)F)c1)CC(C)(C)CC2O. The van der Waals surface area contributed by atoms with Crippen LogP contribution >= 0.6 is 0 Å². The van der Waals surface area contributed by atoms with Crippen molar-refractivity contribution in [1.29, 1.82) is 0 Å². The number of fused-ring (bicyclic) bond motifs is 1. The van der Waals surface area contributed by atoms with Crippen molar-refractivity contribution in [2.75, 3.05) is 0 Å². The molecule has 0 saturated heterocycles. The Bertz CT molecular complexity index is 919. The topological polar surface area (TPSA) is 53.4 Å². The Morgan fingerprint density at radius 2 is 1.86 bits per heavy atom. The number of halogens is 3. The van der Waals surface area contributed by atoms with E-state index < -0.39 is 23.9 Å². The Morgan fingerprint density at radius 1 is 1.21 bits per heavy atom. The number of aliphatic hydroxyl groups excluding tert-OH is 2. The smallest absolute Gasteiger partial charge is 0.388 e. The summed E-state index contributed by atoms with van der Waals surface area (Å²) in [6.07, 6.45) is -5.17. The first kappa shape index (κ1) is 21.8. The van der Waals surface area contributed by atoms with E-state index in [9.17, 15) is 23.4 Å². The number of nitrogens with zero attached hydrogens (tertiary/aromatic N) is 1. The van der Waals surface area contributed by atoms with E-state index in [0.29, 0.717) is 35.2 Å². The third-order valence-electron chi connectivity index (χ3n) is 5.73. The molecule has 2 N–H and O–H groups in total. The summed E-state index contributed by atoms with van der Waals surface area (Å²) in [5, 5.41) is 21.9. The van der Waals surface area contributed by atoms with Crippen LogP contribution in [0.1, 0.15) is 91.4 Å². The summed E-state index contributed by atoms with van der Waals surface area (Å²) in [5.41, 5.74) is 2.66. The number of rotatable bonds is 3. The van der Waals surface area contributed by atoms with Crippen LogP contribution < -0.4 is 0 Å². The van der Waals surface area contributed by atoms with E-state index >= 15 is 0 Å². The molecule has 2 unspecified atom stereocenters. The molecule has 29 heavy (non-hydrogen) atoms. The minimum absolute atomic E-state index is 0.0309. The second-order valence-electron chi connectivity index (χ2n) is 9.14. The van der Waals surface area contributed by atoms with Gasteiger partial charge < -0.3 is 10.2 Å². The molecular formula is C23H28F3NO2. The highest BCUT2D eigenvalue weighted by atomic mass is 19.4.